The number of allylic oxidation sites excluding steroid dienone is 1. The number of likely N-dealkylation sites (N-methyl/N-ethyl adjacent to an activating group) is 1. The summed E-state index contributed by atoms with van der Waals surface area (Å²) in [6.07, 6.45) is 4.65. The molecule has 96 valence electrons. The van der Waals surface area contributed by atoms with Gasteiger partial charge in [0, 0.05) is 43.1 Å². The highest BCUT2D eigenvalue weighted by Crippen LogP contribution is 2.30. The van der Waals surface area contributed by atoms with Gasteiger partial charge in [-0.2, -0.15) is 0 Å². The van der Waals surface area contributed by atoms with Crippen LogP contribution in [0.4, 0.5) is 5.69 Å². The first-order valence-electron chi connectivity index (χ1n) is 6.76. The van der Waals surface area contributed by atoms with Crippen molar-refractivity contribution in [2.45, 2.75) is 12.8 Å². The zero-order valence-electron chi connectivity index (χ0n) is 11.0. The van der Waals surface area contributed by atoms with Gasteiger partial charge in [-0.15, -0.1) is 0 Å². The number of fused-ring (bicyclic) bond motifs is 1. The van der Waals surface area contributed by atoms with Gasteiger partial charge in [0.25, 0.3) is 0 Å². The number of nitrogens with zero attached hydrogens (tertiary/aromatic N) is 2. The number of rotatable bonds is 1. The Bertz CT molecular complexity index is 471. The number of benzene rings is 1. The summed E-state index contributed by atoms with van der Waals surface area (Å²) in [6, 6.07) is 6.35. The number of nitrogen functional groups attached to an aromatic ring is 1. The molecule has 1 aromatic carbocycles. The summed E-state index contributed by atoms with van der Waals surface area (Å²) >= 11 is 0. The monoisotopic (exact) mass is 243 g/mol. The summed E-state index contributed by atoms with van der Waals surface area (Å²) in [4.78, 5) is 4.91. The lowest BCUT2D eigenvalue weighted by Gasteiger charge is -2.37. The van der Waals surface area contributed by atoms with Crippen LogP contribution in [0.5, 0.6) is 0 Å². The van der Waals surface area contributed by atoms with E-state index in [-0.39, 0.29) is 0 Å². The Morgan fingerprint density at radius 2 is 1.89 bits per heavy atom. The van der Waals surface area contributed by atoms with Gasteiger partial charge in [-0.25, -0.2) is 0 Å². The van der Waals surface area contributed by atoms with E-state index in [0.717, 1.165) is 44.7 Å². The molecule has 0 bridgehead atoms. The molecule has 18 heavy (non-hydrogen) atoms. The van der Waals surface area contributed by atoms with E-state index in [2.05, 4.69) is 35.1 Å². The largest absolute Gasteiger partial charge is 0.399 e. The van der Waals surface area contributed by atoms with Crippen molar-refractivity contribution in [2.24, 2.45) is 0 Å². The fourth-order valence-corrected chi connectivity index (χ4v) is 2.89. The third-order valence-electron chi connectivity index (χ3n) is 4.00. The Morgan fingerprint density at radius 3 is 2.67 bits per heavy atom. The average Bonchev–Trinajstić information content (AvgIpc) is 2.38. The van der Waals surface area contributed by atoms with Crippen molar-refractivity contribution in [2.75, 3.05) is 39.0 Å². The van der Waals surface area contributed by atoms with E-state index in [0.29, 0.717) is 0 Å². The maximum Gasteiger partial charge on any atom is 0.0403 e. The number of aryl methyl sites for hydroxylation is 1. The van der Waals surface area contributed by atoms with Crippen LogP contribution in [0, 0.1) is 0 Å². The summed E-state index contributed by atoms with van der Waals surface area (Å²) in [7, 11) is 2.20. The topological polar surface area (TPSA) is 32.5 Å². The molecule has 1 heterocycles. The van der Waals surface area contributed by atoms with Gasteiger partial charge < -0.3 is 15.5 Å². The second-order valence-corrected chi connectivity index (χ2v) is 5.33. The molecular formula is C15H21N3. The molecule has 0 radical (unpaired) electrons. The van der Waals surface area contributed by atoms with Crippen LogP contribution in [-0.2, 0) is 6.42 Å². The zero-order valence-corrected chi connectivity index (χ0v) is 11.0. The van der Waals surface area contributed by atoms with Crippen molar-refractivity contribution in [3.8, 4) is 0 Å². The Labute approximate surface area is 109 Å². The van der Waals surface area contributed by atoms with Crippen molar-refractivity contribution in [3.63, 3.8) is 0 Å². The molecule has 0 aromatic heterocycles. The number of hydrogen-bond acceptors (Lipinski definition) is 3. The van der Waals surface area contributed by atoms with Gasteiger partial charge in [0.2, 0.25) is 0 Å². The molecule has 1 aliphatic carbocycles. The van der Waals surface area contributed by atoms with Gasteiger partial charge in [0.1, 0.15) is 0 Å². The van der Waals surface area contributed by atoms with Crippen molar-refractivity contribution in [1.82, 2.24) is 9.80 Å². The minimum atomic E-state index is 0.883. The van der Waals surface area contributed by atoms with Gasteiger partial charge >= 0.3 is 0 Å². The van der Waals surface area contributed by atoms with Crippen LogP contribution in [0.1, 0.15) is 17.5 Å². The maximum absolute atomic E-state index is 5.88. The molecule has 1 aromatic rings. The Morgan fingerprint density at radius 1 is 1.11 bits per heavy atom. The fourth-order valence-electron chi connectivity index (χ4n) is 2.89. The predicted molar refractivity (Wildman–Crippen MR) is 76.2 cm³/mol. The van der Waals surface area contributed by atoms with Gasteiger partial charge in [-0.3, -0.25) is 0 Å². The smallest absolute Gasteiger partial charge is 0.0403 e. The van der Waals surface area contributed by atoms with Gasteiger partial charge in [-0.1, -0.05) is 12.1 Å². The molecule has 1 fully saturated rings. The van der Waals surface area contributed by atoms with E-state index < -0.39 is 0 Å². The quantitative estimate of drug-likeness (QED) is 0.763. The number of piperazine rings is 1. The van der Waals surface area contributed by atoms with Crippen molar-refractivity contribution in [1.29, 1.82) is 0 Å². The molecule has 3 heteroatoms. The van der Waals surface area contributed by atoms with Gasteiger partial charge in [0.15, 0.2) is 0 Å². The Balaban J connectivity index is 1.88. The minimum absolute atomic E-state index is 0.883. The summed E-state index contributed by atoms with van der Waals surface area (Å²) in [5.74, 6) is 0. The van der Waals surface area contributed by atoms with Crippen molar-refractivity contribution < 1.29 is 0 Å². The van der Waals surface area contributed by atoms with Gasteiger partial charge in [0.05, 0.1) is 0 Å². The highest BCUT2D eigenvalue weighted by atomic mass is 15.2. The van der Waals surface area contributed by atoms with E-state index >= 15 is 0 Å². The molecule has 3 nitrogen and oxygen atoms in total. The third kappa shape index (κ3) is 2.10. The van der Waals surface area contributed by atoms with Gasteiger partial charge in [-0.05, 0) is 37.6 Å². The van der Waals surface area contributed by atoms with E-state index in [4.69, 9.17) is 5.73 Å². The number of hydrogen-bond donors (Lipinski definition) is 1. The lowest BCUT2D eigenvalue weighted by Crippen LogP contribution is -2.43. The van der Waals surface area contributed by atoms with Crippen LogP contribution in [-0.4, -0.2) is 43.0 Å². The molecule has 0 atom stereocenters. The summed E-state index contributed by atoms with van der Waals surface area (Å²) in [5, 5.41) is 0. The molecule has 0 unspecified atom stereocenters. The molecule has 1 aliphatic heterocycles. The SMILES string of the molecule is CN1CCN(C2=CCCc3cc(N)ccc32)CC1. The molecule has 0 saturated carbocycles. The molecule has 2 N–H and O–H groups in total. The first kappa shape index (κ1) is 11.6. The highest BCUT2D eigenvalue weighted by Gasteiger charge is 2.21. The summed E-state index contributed by atoms with van der Waals surface area (Å²) in [6.45, 7) is 4.57. The Hall–Kier alpha value is -1.48. The van der Waals surface area contributed by atoms with E-state index in [1.165, 1.54) is 16.8 Å². The van der Waals surface area contributed by atoms with Crippen LogP contribution in [0.3, 0.4) is 0 Å². The first-order chi connectivity index (χ1) is 8.74. The summed E-state index contributed by atoms with van der Waals surface area (Å²) < 4.78 is 0. The molecule has 1 saturated heterocycles. The van der Waals surface area contributed by atoms with Crippen LogP contribution in [0.25, 0.3) is 5.70 Å². The number of anilines is 1. The molecule has 0 spiro atoms. The van der Waals surface area contributed by atoms with Crippen LogP contribution >= 0.6 is 0 Å². The standard InChI is InChI=1S/C15H21N3/c1-17-7-9-18(10-8-17)15-4-2-3-12-11-13(16)5-6-14(12)15/h4-6,11H,2-3,7-10,16H2,1H3. The second kappa shape index (κ2) is 4.65. The highest BCUT2D eigenvalue weighted by molar-refractivity contribution is 5.70. The minimum Gasteiger partial charge on any atom is -0.399 e. The maximum atomic E-state index is 5.88. The number of nitrogens with two attached hydrogens (primary N) is 1. The molecule has 0 amide bonds. The molecule has 2 aliphatic rings. The van der Waals surface area contributed by atoms with E-state index in [1.807, 2.05) is 6.07 Å². The molecule has 3 rings (SSSR count). The molecular weight excluding hydrogens is 222 g/mol. The fraction of sp³-hybridized carbons (Fsp3) is 0.467. The lowest BCUT2D eigenvalue weighted by atomic mass is 9.93. The van der Waals surface area contributed by atoms with Crippen molar-refractivity contribution in [3.05, 3.63) is 35.4 Å². The van der Waals surface area contributed by atoms with E-state index in [1.54, 1.807) is 0 Å². The zero-order chi connectivity index (χ0) is 12.5. The van der Waals surface area contributed by atoms with Crippen LogP contribution in [0.15, 0.2) is 24.3 Å². The Kier molecular flexibility index (Phi) is 3.00. The first-order valence-corrected chi connectivity index (χ1v) is 6.76. The second-order valence-electron chi connectivity index (χ2n) is 5.33. The van der Waals surface area contributed by atoms with E-state index in [9.17, 15) is 0 Å². The average molecular weight is 243 g/mol. The summed E-state index contributed by atoms with van der Waals surface area (Å²) in [5.41, 5.74) is 11.0. The van der Waals surface area contributed by atoms with Crippen LogP contribution < -0.4 is 5.73 Å². The lowest BCUT2D eigenvalue weighted by molar-refractivity contribution is 0.206. The third-order valence-corrected chi connectivity index (χ3v) is 4.00. The normalized spacial score (nSPS) is 20.5. The van der Waals surface area contributed by atoms with Crippen LogP contribution in [0.2, 0.25) is 0 Å². The predicted octanol–water partition coefficient (Wildman–Crippen LogP) is 1.80. The van der Waals surface area contributed by atoms with Crippen molar-refractivity contribution >= 4 is 11.4 Å².